The molecule has 0 unspecified atom stereocenters. The van der Waals surface area contributed by atoms with Crippen LogP contribution < -0.4 is 10.0 Å². The lowest BCUT2D eigenvalue weighted by atomic mass is 9.92. The number of nitrogens with one attached hydrogen (secondary N) is 2. The summed E-state index contributed by atoms with van der Waals surface area (Å²) in [6.07, 6.45) is 7.17. The Balaban J connectivity index is 1.99. The SMILES string of the molecule is C#C[C@@](C)(O)[C@H]1CCc2c(cn(C)c2C(=O)Nc2ccc(C)c(C#N)c2)S(=O)(=O)N1. The quantitative estimate of drug-likeness (QED) is 0.641. The zero-order valence-corrected chi connectivity index (χ0v) is 17.7. The maximum atomic E-state index is 13.0. The number of terminal acetylenes is 1. The Bertz CT molecular complexity index is 1210. The molecule has 1 aliphatic rings. The fourth-order valence-electron chi connectivity index (χ4n) is 3.52. The summed E-state index contributed by atoms with van der Waals surface area (Å²) in [5.74, 6) is 1.71. The Morgan fingerprint density at radius 2 is 2.17 bits per heavy atom. The van der Waals surface area contributed by atoms with Gasteiger partial charge in [0.05, 0.1) is 17.7 Å². The molecule has 0 saturated heterocycles. The van der Waals surface area contributed by atoms with Crippen LogP contribution in [0.15, 0.2) is 29.3 Å². The van der Waals surface area contributed by atoms with Crippen LogP contribution in [0.4, 0.5) is 5.69 Å². The first-order chi connectivity index (χ1) is 14.0. The lowest BCUT2D eigenvalue weighted by Gasteiger charge is -2.27. The van der Waals surface area contributed by atoms with Crippen molar-refractivity contribution < 1.29 is 18.3 Å². The second-order valence-electron chi connectivity index (χ2n) is 7.53. The largest absolute Gasteiger partial charge is 0.376 e. The van der Waals surface area contributed by atoms with Crippen molar-refractivity contribution in [2.24, 2.45) is 7.05 Å². The van der Waals surface area contributed by atoms with Crippen LogP contribution in [0.25, 0.3) is 0 Å². The molecule has 2 atom stereocenters. The Hall–Kier alpha value is -3.11. The Kier molecular flexibility index (Phi) is 5.48. The van der Waals surface area contributed by atoms with Gasteiger partial charge in [-0.05, 0) is 44.4 Å². The van der Waals surface area contributed by atoms with Crippen molar-refractivity contribution in [3.05, 3.63) is 46.8 Å². The molecule has 0 spiro atoms. The lowest BCUT2D eigenvalue weighted by molar-refractivity contribution is 0.0827. The summed E-state index contributed by atoms with van der Waals surface area (Å²) in [5, 5.41) is 22.3. The van der Waals surface area contributed by atoms with E-state index in [-0.39, 0.29) is 23.4 Å². The third-order valence-corrected chi connectivity index (χ3v) is 6.84. The maximum Gasteiger partial charge on any atom is 0.272 e. The molecule has 8 nitrogen and oxygen atoms in total. The van der Waals surface area contributed by atoms with Crippen molar-refractivity contribution in [3.8, 4) is 18.4 Å². The van der Waals surface area contributed by atoms with Crippen molar-refractivity contribution in [1.82, 2.24) is 9.29 Å². The van der Waals surface area contributed by atoms with Gasteiger partial charge >= 0.3 is 0 Å². The van der Waals surface area contributed by atoms with Crippen LogP contribution in [0.1, 0.15) is 40.5 Å². The zero-order chi connectivity index (χ0) is 22.3. The molecule has 1 aromatic carbocycles. The average molecular weight is 426 g/mol. The van der Waals surface area contributed by atoms with E-state index in [1.54, 1.807) is 32.2 Å². The molecule has 0 saturated carbocycles. The summed E-state index contributed by atoms with van der Waals surface area (Å²) in [6.45, 7) is 3.16. The normalized spacial score (nSPS) is 19.5. The molecule has 0 radical (unpaired) electrons. The number of aryl methyl sites for hydroxylation is 2. The van der Waals surface area contributed by atoms with E-state index in [1.807, 2.05) is 0 Å². The molecule has 156 valence electrons. The predicted octanol–water partition coefficient (Wildman–Crippen LogP) is 1.43. The molecule has 2 heterocycles. The number of benzene rings is 1. The monoisotopic (exact) mass is 426 g/mol. The number of fused-ring (bicyclic) bond motifs is 1. The molecule has 1 aliphatic heterocycles. The van der Waals surface area contributed by atoms with Crippen LogP contribution >= 0.6 is 0 Å². The van der Waals surface area contributed by atoms with E-state index < -0.39 is 27.6 Å². The standard InChI is InChI=1S/C21H22N4O4S/c1-5-21(3,27)18-9-8-16-17(30(28,29)24-18)12-25(4)19(16)20(26)23-15-7-6-13(2)14(10-15)11-22/h1,6-7,10,12,18,24,27H,8-9H2,2-4H3,(H,23,26)/t18-,21-/m1/s1. The molecule has 3 rings (SSSR count). The van der Waals surface area contributed by atoms with Gasteiger partial charge in [-0.3, -0.25) is 4.79 Å². The van der Waals surface area contributed by atoms with Gasteiger partial charge in [-0.1, -0.05) is 12.0 Å². The van der Waals surface area contributed by atoms with Crippen LogP contribution in [-0.4, -0.2) is 35.6 Å². The molecule has 0 aliphatic carbocycles. The Labute approximate surface area is 175 Å². The summed E-state index contributed by atoms with van der Waals surface area (Å²) in [5.41, 5.74) is 0.522. The van der Waals surface area contributed by atoms with Gasteiger partial charge in [-0.2, -0.15) is 5.26 Å². The third-order valence-electron chi connectivity index (χ3n) is 5.32. The second kappa shape index (κ2) is 7.62. The highest BCUT2D eigenvalue weighted by molar-refractivity contribution is 7.89. The molecular formula is C21H22N4O4S. The summed E-state index contributed by atoms with van der Waals surface area (Å²) in [6, 6.07) is 6.13. The Morgan fingerprint density at radius 1 is 1.47 bits per heavy atom. The average Bonchev–Trinajstić information content (AvgIpc) is 2.97. The first-order valence-electron chi connectivity index (χ1n) is 9.23. The number of aromatic nitrogens is 1. The van der Waals surface area contributed by atoms with E-state index in [1.165, 1.54) is 17.7 Å². The first kappa shape index (κ1) is 21.6. The first-order valence-corrected chi connectivity index (χ1v) is 10.7. The number of hydrogen-bond acceptors (Lipinski definition) is 5. The van der Waals surface area contributed by atoms with Crippen LogP contribution in [0.2, 0.25) is 0 Å². The lowest BCUT2D eigenvalue weighted by Crippen LogP contribution is -2.49. The highest BCUT2D eigenvalue weighted by atomic mass is 32.2. The van der Waals surface area contributed by atoms with Gasteiger partial charge in [0.1, 0.15) is 16.2 Å². The number of nitriles is 1. The highest BCUT2D eigenvalue weighted by Crippen LogP contribution is 2.30. The summed E-state index contributed by atoms with van der Waals surface area (Å²) in [7, 11) is -2.41. The summed E-state index contributed by atoms with van der Waals surface area (Å²) >= 11 is 0. The molecule has 1 amide bonds. The number of amides is 1. The van der Waals surface area contributed by atoms with Crippen LogP contribution in [0.3, 0.4) is 0 Å². The molecular weight excluding hydrogens is 404 g/mol. The third kappa shape index (κ3) is 3.83. The van der Waals surface area contributed by atoms with E-state index >= 15 is 0 Å². The number of carbonyl (C=O) groups is 1. The molecule has 2 aromatic rings. The highest BCUT2D eigenvalue weighted by Gasteiger charge is 2.39. The van der Waals surface area contributed by atoms with Gasteiger partial charge in [-0.15, -0.1) is 6.42 Å². The molecule has 0 fully saturated rings. The van der Waals surface area contributed by atoms with Crippen molar-refractivity contribution in [3.63, 3.8) is 0 Å². The van der Waals surface area contributed by atoms with Gasteiger partial charge in [0, 0.05) is 24.5 Å². The molecule has 3 N–H and O–H groups in total. The minimum absolute atomic E-state index is 0.0212. The second-order valence-corrected chi connectivity index (χ2v) is 9.21. The van der Waals surface area contributed by atoms with Crippen LogP contribution in [0.5, 0.6) is 0 Å². The van der Waals surface area contributed by atoms with Crippen molar-refractivity contribution >= 4 is 21.6 Å². The molecule has 30 heavy (non-hydrogen) atoms. The van der Waals surface area contributed by atoms with E-state index in [2.05, 4.69) is 22.0 Å². The summed E-state index contributed by atoms with van der Waals surface area (Å²) < 4.78 is 29.6. The Morgan fingerprint density at radius 3 is 2.80 bits per heavy atom. The number of sulfonamides is 1. The minimum Gasteiger partial charge on any atom is -0.376 e. The minimum atomic E-state index is -3.99. The fraction of sp³-hybridized carbons (Fsp3) is 0.333. The molecule has 9 heteroatoms. The van der Waals surface area contributed by atoms with E-state index in [4.69, 9.17) is 6.42 Å². The van der Waals surface area contributed by atoms with Crippen LogP contribution in [0, 0.1) is 30.6 Å². The van der Waals surface area contributed by atoms with Gasteiger partial charge in [0.2, 0.25) is 10.0 Å². The molecule has 0 bridgehead atoms. The zero-order valence-electron chi connectivity index (χ0n) is 16.9. The van der Waals surface area contributed by atoms with Gasteiger partial charge in [-0.25, -0.2) is 13.1 Å². The van der Waals surface area contributed by atoms with E-state index in [0.717, 1.165) is 5.56 Å². The topological polar surface area (TPSA) is 124 Å². The smallest absolute Gasteiger partial charge is 0.272 e. The summed E-state index contributed by atoms with van der Waals surface area (Å²) in [4.78, 5) is 13.0. The number of rotatable bonds is 3. The van der Waals surface area contributed by atoms with E-state index in [9.17, 15) is 23.6 Å². The van der Waals surface area contributed by atoms with Gasteiger partial charge < -0.3 is 15.0 Å². The van der Waals surface area contributed by atoms with Gasteiger partial charge in [0.25, 0.3) is 5.91 Å². The predicted molar refractivity (Wildman–Crippen MR) is 111 cm³/mol. The number of aliphatic hydroxyl groups is 1. The number of nitrogens with zero attached hydrogens (tertiary/aromatic N) is 2. The van der Waals surface area contributed by atoms with Crippen molar-refractivity contribution in [1.29, 1.82) is 5.26 Å². The van der Waals surface area contributed by atoms with Gasteiger partial charge in [0.15, 0.2) is 0 Å². The number of anilines is 1. The van der Waals surface area contributed by atoms with Crippen molar-refractivity contribution in [2.45, 2.75) is 43.2 Å². The number of carbonyl (C=O) groups excluding carboxylic acids is 1. The molecule has 1 aromatic heterocycles. The number of hydrogen-bond donors (Lipinski definition) is 3. The fourth-order valence-corrected chi connectivity index (χ4v) is 5.19. The van der Waals surface area contributed by atoms with Crippen molar-refractivity contribution in [2.75, 3.05) is 5.32 Å². The maximum absolute atomic E-state index is 13.0. The van der Waals surface area contributed by atoms with Crippen LogP contribution in [-0.2, 0) is 23.5 Å². The van der Waals surface area contributed by atoms with E-state index in [0.29, 0.717) is 16.8 Å².